The molecule has 1 heterocycles. The Morgan fingerprint density at radius 1 is 0.952 bits per heavy atom. The number of allylic oxidation sites excluding steroid dienone is 2. The van der Waals surface area contributed by atoms with Gasteiger partial charge >= 0.3 is 0 Å². The van der Waals surface area contributed by atoms with Gasteiger partial charge in [0.2, 0.25) is 11.8 Å². The quantitative estimate of drug-likeness (QED) is 0.590. The van der Waals surface area contributed by atoms with Crippen molar-refractivity contribution in [1.29, 1.82) is 0 Å². The minimum absolute atomic E-state index is 0.0181. The van der Waals surface area contributed by atoms with Crippen LogP contribution in [0.25, 0.3) is 0 Å². The molecule has 106 valence electrons. The molecule has 4 aliphatic rings. The van der Waals surface area contributed by atoms with Crippen LogP contribution in [0.4, 0.5) is 5.69 Å². The van der Waals surface area contributed by atoms with Crippen molar-refractivity contribution < 1.29 is 9.59 Å². The van der Waals surface area contributed by atoms with E-state index in [1.807, 2.05) is 0 Å². The van der Waals surface area contributed by atoms with Crippen LogP contribution < -0.4 is 4.90 Å². The summed E-state index contributed by atoms with van der Waals surface area (Å²) >= 11 is 5.89. The fraction of sp³-hybridized carbons (Fsp3) is 0.412. The fourth-order valence-corrected chi connectivity index (χ4v) is 5.05. The van der Waals surface area contributed by atoms with Crippen molar-refractivity contribution in [2.45, 2.75) is 12.8 Å². The third kappa shape index (κ3) is 1.27. The molecule has 2 amide bonds. The van der Waals surface area contributed by atoms with Gasteiger partial charge in [-0.1, -0.05) is 23.8 Å². The average Bonchev–Trinajstić information content (AvgIpc) is 3.07. The zero-order chi connectivity index (χ0) is 14.4. The van der Waals surface area contributed by atoms with Crippen molar-refractivity contribution >= 4 is 29.1 Å². The first kappa shape index (κ1) is 12.0. The topological polar surface area (TPSA) is 37.4 Å². The van der Waals surface area contributed by atoms with Crippen LogP contribution in [-0.4, -0.2) is 11.8 Å². The molecule has 21 heavy (non-hydrogen) atoms. The molecule has 0 unspecified atom stereocenters. The van der Waals surface area contributed by atoms with Gasteiger partial charge < -0.3 is 0 Å². The number of carbonyl (C=O) groups excluding carboxylic acids is 2. The standard InChI is InChI=1S/C17H14ClNO2/c18-9-1-3-10(4-2-9)19-15(20)13-11-5-6-12(14(13)16(19)21)17(11)7-8-17/h1-6,11-14H,7-8H2/t11-,12-,13-,14+/m0/s1. The van der Waals surface area contributed by atoms with Gasteiger partial charge in [0.1, 0.15) is 0 Å². The molecule has 5 rings (SSSR count). The minimum atomic E-state index is -0.134. The second-order valence-corrected chi connectivity index (χ2v) is 7.15. The van der Waals surface area contributed by atoms with E-state index < -0.39 is 0 Å². The van der Waals surface area contributed by atoms with E-state index in [1.54, 1.807) is 24.3 Å². The Bertz CT molecular complexity index is 670. The summed E-state index contributed by atoms with van der Waals surface area (Å²) in [4.78, 5) is 27.0. The van der Waals surface area contributed by atoms with Crippen LogP contribution in [0.5, 0.6) is 0 Å². The van der Waals surface area contributed by atoms with E-state index in [0.717, 1.165) is 0 Å². The van der Waals surface area contributed by atoms with Crippen molar-refractivity contribution in [1.82, 2.24) is 0 Å². The normalized spacial score (nSPS) is 37.7. The van der Waals surface area contributed by atoms with E-state index >= 15 is 0 Å². The number of carbonyl (C=O) groups is 2. The van der Waals surface area contributed by atoms with Crippen LogP contribution in [-0.2, 0) is 9.59 Å². The van der Waals surface area contributed by atoms with Crippen LogP contribution in [0, 0.1) is 29.1 Å². The molecule has 1 aliphatic heterocycles. The molecule has 3 nitrogen and oxygen atoms in total. The maximum absolute atomic E-state index is 12.8. The highest BCUT2D eigenvalue weighted by molar-refractivity contribution is 6.30. The molecule has 4 heteroatoms. The molecular formula is C17H14ClNO2. The van der Waals surface area contributed by atoms with Crippen molar-refractivity contribution in [3.05, 3.63) is 41.4 Å². The molecule has 3 aliphatic carbocycles. The summed E-state index contributed by atoms with van der Waals surface area (Å²) in [5.41, 5.74) is 0.903. The Morgan fingerprint density at radius 3 is 1.95 bits per heavy atom. The van der Waals surface area contributed by atoms with Crippen molar-refractivity contribution in [3.8, 4) is 0 Å². The van der Waals surface area contributed by atoms with Crippen molar-refractivity contribution in [2.24, 2.45) is 29.1 Å². The van der Waals surface area contributed by atoms with Crippen LogP contribution in [0.15, 0.2) is 36.4 Å². The Hall–Kier alpha value is -1.61. The van der Waals surface area contributed by atoms with E-state index in [9.17, 15) is 9.59 Å². The number of hydrogen-bond donors (Lipinski definition) is 0. The lowest BCUT2D eigenvalue weighted by atomic mass is 9.85. The third-order valence-electron chi connectivity index (χ3n) is 5.94. The van der Waals surface area contributed by atoms with Gasteiger partial charge in [0.05, 0.1) is 17.5 Å². The van der Waals surface area contributed by atoms with Crippen molar-refractivity contribution in [3.63, 3.8) is 0 Å². The predicted octanol–water partition coefficient (Wildman–Crippen LogP) is 3.04. The van der Waals surface area contributed by atoms with Gasteiger partial charge in [-0.15, -0.1) is 0 Å². The maximum atomic E-state index is 12.8. The fourth-order valence-electron chi connectivity index (χ4n) is 4.92. The van der Waals surface area contributed by atoms with Gasteiger partial charge in [0.25, 0.3) is 0 Å². The first-order valence-corrected chi connectivity index (χ1v) is 7.83. The van der Waals surface area contributed by atoms with Gasteiger partial charge in [0.15, 0.2) is 0 Å². The van der Waals surface area contributed by atoms with E-state index in [4.69, 9.17) is 11.6 Å². The number of fused-ring (bicyclic) bond motifs is 3. The van der Waals surface area contributed by atoms with E-state index in [1.165, 1.54) is 17.7 Å². The summed E-state index contributed by atoms with van der Waals surface area (Å²) in [5.74, 6) is 0.254. The molecule has 0 N–H and O–H groups in total. The zero-order valence-corrected chi connectivity index (χ0v) is 12.1. The average molecular weight is 300 g/mol. The second-order valence-electron chi connectivity index (χ2n) is 6.71. The van der Waals surface area contributed by atoms with Gasteiger partial charge in [-0.05, 0) is 54.4 Å². The Kier molecular flexibility index (Phi) is 2.05. The van der Waals surface area contributed by atoms with Crippen LogP contribution in [0.1, 0.15) is 12.8 Å². The Balaban J connectivity index is 1.57. The molecule has 1 aromatic carbocycles. The number of anilines is 1. The van der Waals surface area contributed by atoms with E-state index in [0.29, 0.717) is 10.7 Å². The number of benzene rings is 1. The smallest absolute Gasteiger partial charge is 0.238 e. The number of rotatable bonds is 1. The van der Waals surface area contributed by atoms with Crippen LogP contribution in [0.2, 0.25) is 5.02 Å². The minimum Gasteiger partial charge on any atom is -0.274 e. The monoisotopic (exact) mass is 299 g/mol. The molecule has 0 aromatic heterocycles. The third-order valence-corrected chi connectivity index (χ3v) is 6.19. The summed E-state index contributed by atoms with van der Waals surface area (Å²) in [5, 5.41) is 0.608. The van der Waals surface area contributed by atoms with Crippen LogP contribution >= 0.6 is 11.6 Å². The molecule has 4 atom stereocenters. The number of nitrogens with zero attached hydrogens (tertiary/aromatic N) is 1. The SMILES string of the molecule is O=C1[C@@H]2[C@H](C(=O)N1c1ccc(Cl)cc1)[C@@H]1C=C[C@@H]2C12CC2. The van der Waals surface area contributed by atoms with Gasteiger partial charge in [0, 0.05) is 5.02 Å². The highest BCUT2D eigenvalue weighted by atomic mass is 35.5. The summed E-state index contributed by atoms with van der Waals surface area (Å²) in [6.07, 6.45) is 6.72. The van der Waals surface area contributed by atoms with Gasteiger partial charge in [-0.3, -0.25) is 14.5 Å². The first-order chi connectivity index (χ1) is 10.1. The predicted molar refractivity (Wildman–Crippen MR) is 78.7 cm³/mol. The van der Waals surface area contributed by atoms with E-state index in [-0.39, 0.29) is 40.9 Å². The molecule has 0 radical (unpaired) electrons. The lowest BCUT2D eigenvalue weighted by Crippen LogP contribution is -2.34. The van der Waals surface area contributed by atoms with Gasteiger partial charge in [-0.2, -0.15) is 0 Å². The molecule has 1 saturated heterocycles. The zero-order valence-electron chi connectivity index (χ0n) is 11.3. The summed E-state index contributed by atoms with van der Waals surface area (Å²) < 4.78 is 0. The lowest BCUT2D eigenvalue weighted by Gasteiger charge is -2.21. The molecule has 2 bridgehead atoms. The Labute approximate surface area is 127 Å². The highest BCUT2D eigenvalue weighted by Gasteiger charge is 2.73. The summed E-state index contributed by atoms with van der Waals surface area (Å²) in [6.45, 7) is 0. The molecule has 3 fully saturated rings. The number of amides is 2. The van der Waals surface area contributed by atoms with Crippen molar-refractivity contribution in [2.75, 3.05) is 4.90 Å². The van der Waals surface area contributed by atoms with Gasteiger partial charge in [-0.25, -0.2) is 0 Å². The summed E-state index contributed by atoms with van der Waals surface area (Å²) in [6, 6.07) is 6.95. The molecule has 1 spiro atoms. The first-order valence-electron chi connectivity index (χ1n) is 7.45. The molecule has 1 aromatic rings. The largest absolute Gasteiger partial charge is 0.274 e. The number of imide groups is 1. The van der Waals surface area contributed by atoms with Crippen LogP contribution in [0.3, 0.4) is 0 Å². The Morgan fingerprint density at radius 2 is 1.48 bits per heavy atom. The van der Waals surface area contributed by atoms with E-state index in [2.05, 4.69) is 12.2 Å². The number of halogens is 1. The lowest BCUT2D eigenvalue weighted by molar-refractivity contribution is -0.123. The molecular weight excluding hydrogens is 286 g/mol. The second kappa shape index (κ2) is 3.58. The highest BCUT2D eigenvalue weighted by Crippen LogP contribution is 2.73. The molecule has 2 saturated carbocycles. The number of hydrogen-bond acceptors (Lipinski definition) is 2. The summed E-state index contributed by atoms with van der Waals surface area (Å²) in [7, 11) is 0. The maximum Gasteiger partial charge on any atom is 0.238 e.